The predicted octanol–water partition coefficient (Wildman–Crippen LogP) is 5.89. The van der Waals surface area contributed by atoms with Gasteiger partial charge in [0.05, 0.1) is 22.7 Å². The highest BCUT2D eigenvalue weighted by Crippen LogP contribution is 2.39. The van der Waals surface area contributed by atoms with Crippen molar-refractivity contribution in [2.24, 2.45) is 0 Å². The lowest BCUT2D eigenvalue weighted by molar-refractivity contribution is -0.143. The number of benzene rings is 1. The van der Waals surface area contributed by atoms with Gasteiger partial charge in [-0.1, -0.05) is 0 Å². The van der Waals surface area contributed by atoms with Crippen LogP contribution in [-0.4, -0.2) is 4.98 Å². The van der Waals surface area contributed by atoms with Crippen molar-refractivity contribution < 1.29 is 26.3 Å². The van der Waals surface area contributed by atoms with Crippen LogP contribution in [0.25, 0.3) is 10.6 Å². The van der Waals surface area contributed by atoms with Crippen LogP contribution < -0.4 is 0 Å². The van der Waals surface area contributed by atoms with Crippen LogP contribution in [0.15, 0.2) is 18.2 Å². The van der Waals surface area contributed by atoms with Crippen LogP contribution in [-0.2, 0) is 18.2 Å². The average Bonchev–Trinajstić information content (AvgIpc) is 2.77. The molecule has 0 bridgehead atoms. The average molecular weight is 360 g/mol. The van der Waals surface area contributed by atoms with Crippen molar-refractivity contribution >= 4 is 22.9 Å². The zero-order valence-corrected chi connectivity index (χ0v) is 12.5. The van der Waals surface area contributed by atoms with Crippen LogP contribution in [0.2, 0.25) is 0 Å². The molecule has 0 N–H and O–H groups in total. The van der Waals surface area contributed by atoms with Crippen molar-refractivity contribution in [1.82, 2.24) is 4.98 Å². The number of nitrogens with zero attached hydrogens (tertiary/aromatic N) is 1. The maximum atomic E-state index is 12.8. The molecular formula is C13H8ClF6NS. The highest BCUT2D eigenvalue weighted by Gasteiger charge is 2.37. The first kappa shape index (κ1) is 17.1. The molecule has 120 valence electrons. The molecule has 0 aliphatic rings. The molecule has 22 heavy (non-hydrogen) atoms. The SMILES string of the molecule is Cc1nc(-c2cc(C(F)(F)F)cc(C(F)(F)F)c2)sc1CCl. The van der Waals surface area contributed by atoms with E-state index in [1.165, 1.54) is 0 Å². The summed E-state index contributed by atoms with van der Waals surface area (Å²) >= 11 is 6.62. The van der Waals surface area contributed by atoms with E-state index in [9.17, 15) is 26.3 Å². The Morgan fingerprint density at radius 2 is 1.50 bits per heavy atom. The zero-order valence-electron chi connectivity index (χ0n) is 10.9. The minimum Gasteiger partial charge on any atom is -0.241 e. The van der Waals surface area contributed by atoms with Gasteiger partial charge in [0, 0.05) is 10.4 Å². The van der Waals surface area contributed by atoms with Gasteiger partial charge < -0.3 is 0 Å². The molecule has 0 spiro atoms. The predicted molar refractivity (Wildman–Crippen MR) is 71.8 cm³/mol. The van der Waals surface area contributed by atoms with Gasteiger partial charge in [-0.2, -0.15) is 26.3 Å². The van der Waals surface area contributed by atoms with Crippen LogP contribution in [0.3, 0.4) is 0 Å². The zero-order chi connectivity index (χ0) is 16.7. The van der Waals surface area contributed by atoms with Crippen LogP contribution >= 0.6 is 22.9 Å². The Morgan fingerprint density at radius 1 is 1.00 bits per heavy atom. The monoisotopic (exact) mass is 359 g/mol. The second kappa shape index (κ2) is 5.73. The molecule has 0 fully saturated rings. The Kier molecular flexibility index (Phi) is 4.45. The Bertz CT molecular complexity index is 657. The number of halogens is 7. The molecule has 0 saturated carbocycles. The molecule has 1 heterocycles. The summed E-state index contributed by atoms with van der Waals surface area (Å²) in [6.07, 6.45) is -9.75. The first-order chi connectivity index (χ1) is 10.0. The van der Waals surface area contributed by atoms with Gasteiger partial charge >= 0.3 is 12.4 Å². The van der Waals surface area contributed by atoms with Gasteiger partial charge in [0.2, 0.25) is 0 Å². The van der Waals surface area contributed by atoms with Crippen LogP contribution in [0.5, 0.6) is 0 Å². The maximum absolute atomic E-state index is 12.8. The summed E-state index contributed by atoms with van der Waals surface area (Å²) in [6, 6.07) is 1.41. The van der Waals surface area contributed by atoms with E-state index in [1.807, 2.05) is 0 Å². The van der Waals surface area contributed by atoms with Crippen LogP contribution in [0.1, 0.15) is 21.7 Å². The lowest BCUT2D eigenvalue weighted by Gasteiger charge is -2.13. The molecule has 0 saturated heterocycles. The van der Waals surface area contributed by atoms with E-state index in [2.05, 4.69) is 4.98 Å². The van der Waals surface area contributed by atoms with Gasteiger partial charge in [0.15, 0.2) is 0 Å². The Labute approximate surface area is 130 Å². The number of alkyl halides is 7. The molecule has 2 aromatic rings. The smallest absolute Gasteiger partial charge is 0.241 e. The molecule has 0 atom stereocenters. The molecule has 1 nitrogen and oxygen atoms in total. The van der Waals surface area contributed by atoms with E-state index in [1.54, 1.807) is 6.92 Å². The summed E-state index contributed by atoms with van der Waals surface area (Å²) in [5.41, 5.74) is -2.47. The third-order valence-corrected chi connectivity index (χ3v) is 4.48. The van der Waals surface area contributed by atoms with Crippen molar-refractivity contribution in [2.45, 2.75) is 25.2 Å². The van der Waals surface area contributed by atoms with Crippen molar-refractivity contribution in [1.29, 1.82) is 0 Å². The van der Waals surface area contributed by atoms with Crippen LogP contribution in [0, 0.1) is 6.92 Å². The first-order valence-corrected chi connectivity index (χ1v) is 7.19. The Balaban J connectivity index is 2.64. The van der Waals surface area contributed by atoms with Gasteiger partial charge in [0.1, 0.15) is 5.01 Å². The second-order valence-electron chi connectivity index (χ2n) is 4.46. The molecule has 9 heteroatoms. The number of aryl methyl sites for hydroxylation is 1. The van der Waals surface area contributed by atoms with E-state index >= 15 is 0 Å². The van der Waals surface area contributed by atoms with E-state index in [0.29, 0.717) is 22.7 Å². The summed E-state index contributed by atoms with van der Waals surface area (Å²) in [5.74, 6) is 0.0919. The quantitative estimate of drug-likeness (QED) is 0.481. The molecule has 0 aliphatic heterocycles. The van der Waals surface area contributed by atoms with Crippen molar-refractivity contribution in [3.63, 3.8) is 0 Å². The minimum atomic E-state index is -4.88. The molecule has 0 aliphatic carbocycles. The van der Waals surface area contributed by atoms with E-state index in [-0.39, 0.29) is 22.5 Å². The molecule has 1 aromatic heterocycles. The number of hydrogen-bond donors (Lipinski definition) is 0. The summed E-state index contributed by atoms with van der Waals surface area (Å²) in [6.45, 7) is 1.59. The second-order valence-corrected chi connectivity index (χ2v) is 5.81. The summed E-state index contributed by atoms with van der Waals surface area (Å²) in [7, 11) is 0. The van der Waals surface area contributed by atoms with Gasteiger partial charge in [-0.3, -0.25) is 0 Å². The summed E-state index contributed by atoms with van der Waals surface area (Å²) in [5, 5.41) is 0.0738. The standard InChI is InChI=1S/C13H8ClF6NS/c1-6-10(5-14)22-11(21-6)7-2-8(12(15,16)17)4-9(3-7)13(18,19)20/h2-4H,5H2,1H3. The van der Waals surface area contributed by atoms with Gasteiger partial charge in [-0.05, 0) is 25.1 Å². The Hall–Kier alpha value is -1.28. The molecule has 1 aromatic carbocycles. The summed E-state index contributed by atoms with van der Waals surface area (Å²) in [4.78, 5) is 4.60. The van der Waals surface area contributed by atoms with Gasteiger partial charge in [-0.15, -0.1) is 22.9 Å². The lowest BCUT2D eigenvalue weighted by atomic mass is 10.1. The normalized spacial score (nSPS) is 12.7. The van der Waals surface area contributed by atoms with E-state index in [4.69, 9.17) is 11.6 Å². The fourth-order valence-electron chi connectivity index (χ4n) is 1.75. The molecule has 0 amide bonds. The van der Waals surface area contributed by atoms with E-state index < -0.39 is 23.5 Å². The highest BCUT2D eigenvalue weighted by atomic mass is 35.5. The molecule has 2 rings (SSSR count). The largest absolute Gasteiger partial charge is 0.416 e. The number of thiazole rings is 1. The van der Waals surface area contributed by atoms with Crippen molar-refractivity contribution in [3.05, 3.63) is 39.9 Å². The van der Waals surface area contributed by atoms with Crippen molar-refractivity contribution in [3.8, 4) is 10.6 Å². The fourth-order valence-corrected chi connectivity index (χ4v) is 3.01. The number of rotatable bonds is 2. The lowest BCUT2D eigenvalue weighted by Crippen LogP contribution is -2.11. The third kappa shape index (κ3) is 3.55. The Morgan fingerprint density at radius 3 is 1.86 bits per heavy atom. The number of aromatic nitrogens is 1. The fraction of sp³-hybridized carbons (Fsp3) is 0.308. The molecular weight excluding hydrogens is 352 g/mol. The molecule has 0 radical (unpaired) electrons. The van der Waals surface area contributed by atoms with E-state index in [0.717, 1.165) is 11.3 Å². The maximum Gasteiger partial charge on any atom is 0.416 e. The minimum absolute atomic E-state index is 0.0738. The van der Waals surface area contributed by atoms with Crippen molar-refractivity contribution in [2.75, 3.05) is 0 Å². The summed E-state index contributed by atoms with van der Waals surface area (Å²) < 4.78 is 76.8. The first-order valence-electron chi connectivity index (χ1n) is 5.84. The van der Waals surface area contributed by atoms with Crippen LogP contribution in [0.4, 0.5) is 26.3 Å². The highest BCUT2D eigenvalue weighted by molar-refractivity contribution is 7.15. The van der Waals surface area contributed by atoms with Gasteiger partial charge in [-0.25, -0.2) is 4.98 Å². The topological polar surface area (TPSA) is 12.9 Å². The van der Waals surface area contributed by atoms with Gasteiger partial charge in [0.25, 0.3) is 0 Å². The molecule has 0 unspecified atom stereocenters. The third-order valence-electron chi connectivity index (χ3n) is 2.85. The number of hydrogen-bond acceptors (Lipinski definition) is 2.